The number of aliphatic imine (C=N–C) groups is 1. The molecular formula is C24H18F3N3. The molecule has 3 aromatic carbocycles. The third kappa shape index (κ3) is 4.33. The zero-order valence-electron chi connectivity index (χ0n) is 20.5. The molecule has 0 amide bonds. The molecule has 1 heterocycles. The molecule has 4 rings (SSSR count). The highest BCUT2D eigenvalue weighted by molar-refractivity contribution is 6.13. The molecule has 4 aromatic rings. The lowest BCUT2D eigenvalue weighted by Crippen LogP contribution is -2.07. The topological polar surface area (TPSA) is 30.2 Å². The summed E-state index contributed by atoms with van der Waals surface area (Å²) >= 11 is 0. The molecule has 0 atom stereocenters. The average molecular weight is 410 g/mol. The highest BCUT2D eigenvalue weighted by Crippen LogP contribution is 2.34. The Balaban J connectivity index is 1.96. The van der Waals surface area contributed by atoms with Crippen molar-refractivity contribution < 1.29 is 20.0 Å². The summed E-state index contributed by atoms with van der Waals surface area (Å²) in [5.74, 6) is 0. The third-order valence-corrected chi connectivity index (χ3v) is 4.30. The Morgan fingerprint density at radius 1 is 0.967 bits per heavy atom. The van der Waals surface area contributed by atoms with E-state index in [1.54, 1.807) is 48.5 Å². The van der Waals surface area contributed by atoms with Crippen LogP contribution in [-0.2, 0) is 6.18 Å². The fraction of sp³-hybridized carbons (Fsp3) is 0.0833. The second-order valence-electron chi connectivity index (χ2n) is 6.44. The number of nitrogens with zero attached hydrogens (tertiary/aromatic N) is 3. The number of imidazole rings is 1. The number of aryl methyl sites for hydroxylation is 1. The van der Waals surface area contributed by atoms with Crippen LogP contribution in [0, 0.1) is 6.85 Å². The number of benzene rings is 3. The van der Waals surface area contributed by atoms with Gasteiger partial charge < -0.3 is 4.57 Å². The van der Waals surface area contributed by atoms with Crippen LogP contribution in [-0.4, -0.2) is 15.3 Å². The molecule has 0 radical (unpaired) electrons. The molecule has 150 valence electrons. The highest BCUT2D eigenvalue weighted by Gasteiger charge is 2.31. The smallest absolute Gasteiger partial charge is 0.306 e. The van der Waals surface area contributed by atoms with Gasteiger partial charge >= 0.3 is 6.18 Å². The van der Waals surface area contributed by atoms with E-state index in [1.165, 1.54) is 6.07 Å². The van der Waals surface area contributed by atoms with Crippen molar-refractivity contribution in [3.05, 3.63) is 114 Å². The normalized spacial score (nSPS) is 14.2. The Kier molecular flexibility index (Phi) is 3.82. The summed E-state index contributed by atoms with van der Waals surface area (Å²) < 4.78 is 80.8. The number of alkyl halides is 3. The Labute approximate surface area is 179 Å². The summed E-state index contributed by atoms with van der Waals surface area (Å²) in [5, 5.41) is 0. The van der Waals surface area contributed by atoms with Gasteiger partial charge in [-0.1, -0.05) is 60.7 Å². The van der Waals surface area contributed by atoms with Gasteiger partial charge in [0.1, 0.15) is 1.37 Å². The maximum Gasteiger partial charge on any atom is 0.416 e. The first-order valence-electron chi connectivity index (χ1n) is 11.4. The molecule has 0 fully saturated rings. The molecule has 0 aliphatic rings. The molecule has 6 heteroatoms. The first-order valence-corrected chi connectivity index (χ1v) is 8.94. The summed E-state index contributed by atoms with van der Waals surface area (Å²) in [6, 6.07) is 20.7. The fourth-order valence-corrected chi connectivity index (χ4v) is 2.95. The lowest BCUT2D eigenvalue weighted by molar-refractivity contribution is -0.137. The molecule has 0 bridgehead atoms. The number of aromatic nitrogens is 2. The Bertz CT molecular complexity index is 1340. The zero-order chi connectivity index (χ0) is 25.4. The first-order chi connectivity index (χ1) is 16.4. The van der Waals surface area contributed by atoms with Gasteiger partial charge in [-0.2, -0.15) is 13.2 Å². The third-order valence-electron chi connectivity index (χ3n) is 4.30. The maximum atomic E-state index is 13.8. The average Bonchev–Trinajstić information content (AvgIpc) is 3.12. The SMILES string of the molecule is [2H]c1nc(C([2H])([2H])[2H])c([2H])n1-c1cc(N=C(c2ccccc2)c2ccccc2)cc(C(F)(F)F)c1. The van der Waals surface area contributed by atoms with Gasteiger partial charge in [0.25, 0.3) is 0 Å². The number of rotatable bonds is 4. The van der Waals surface area contributed by atoms with Crippen LogP contribution in [0.4, 0.5) is 18.9 Å². The van der Waals surface area contributed by atoms with E-state index >= 15 is 0 Å². The zero-order valence-corrected chi connectivity index (χ0v) is 15.5. The molecule has 30 heavy (non-hydrogen) atoms. The van der Waals surface area contributed by atoms with Crippen LogP contribution in [0.25, 0.3) is 5.69 Å². The van der Waals surface area contributed by atoms with Crippen LogP contribution in [0.1, 0.15) is 29.2 Å². The molecule has 1 aromatic heterocycles. The van der Waals surface area contributed by atoms with E-state index in [4.69, 9.17) is 6.85 Å². The molecular weight excluding hydrogens is 387 g/mol. The highest BCUT2D eigenvalue weighted by atomic mass is 19.4. The van der Waals surface area contributed by atoms with Crippen molar-refractivity contribution in [2.45, 2.75) is 13.0 Å². The van der Waals surface area contributed by atoms with Crippen molar-refractivity contribution in [1.29, 1.82) is 0 Å². The van der Waals surface area contributed by atoms with E-state index in [-0.39, 0.29) is 11.4 Å². The van der Waals surface area contributed by atoms with Gasteiger partial charge in [0.15, 0.2) is 0 Å². The molecule has 0 N–H and O–H groups in total. The molecule has 0 saturated carbocycles. The maximum absolute atomic E-state index is 13.8. The lowest BCUT2D eigenvalue weighted by Gasteiger charge is -2.13. The number of hydrogen-bond acceptors (Lipinski definition) is 2. The van der Waals surface area contributed by atoms with Crippen molar-refractivity contribution in [3.8, 4) is 5.69 Å². The van der Waals surface area contributed by atoms with Gasteiger partial charge in [0, 0.05) is 27.1 Å². The van der Waals surface area contributed by atoms with E-state index in [2.05, 4.69) is 9.98 Å². The van der Waals surface area contributed by atoms with Crippen molar-refractivity contribution in [2.75, 3.05) is 0 Å². The van der Waals surface area contributed by atoms with Gasteiger partial charge in [-0.3, -0.25) is 0 Å². The van der Waals surface area contributed by atoms with Crippen molar-refractivity contribution in [1.82, 2.24) is 9.55 Å². The molecule has 3 nitrogen and oxygen atoms in total. The van der Waals surface area contributed by atoms with Gasteiger partial charge in [0.05, 0.1) is 30.3 Å². The standard InChI is InChI=1S/C24H18F3N3/c1-17-15-30(16-28-17)22-13-20(24(25,26)27)12-21(14-22)29-23(18-8-4-2-5-9-18)19-10-6-3-7-11-19/h2-16H,1H3/i1D3,15D,16D. The van der Waals surface area contributed by atoms with E-state index in [1.807, 2.05) is 12.1 Å². The van der Waals surface area contributed by atoms with Crippen molar-refractivity contribution >= 4 is 11.4 Å². The molecule has 0 aliphatic carbocycles. The van der Waals surface area contributed by atoms with Crippen LogP contribution in [0.5, 0.6) is 0 Å². The van der Waals surface area contributed by atoms with E-state index in [0.29, 0.717) is 16.8 Å². The summed E-state index contributed by atoms with van der Waals surface area (Å²) in [6.45, 7) is -2.80. The fourth-order valence-electron chi connectivity index (χ4n) is 2.95. The quantitative estimate of drug-likeness (QED) is 0.360. The summed E-state index contributed by atoms with van der Waals surface area (Å²) in [5.41, 5.74) is -0.281. The Hall–Kier alpha value is -3.67. The first kappa shape index (κ1) is 14.3. The van der Waals surface area contributed by atoms with Crippen LogP contribution in [0.2, 0.25) is 0 Å². The van der Waals surface area contributed by atoms with Crippen LogP contribution < -0.4 is 0 Å². The summed E-state index contributed by atoms with van der Waals surface area (Å²) in [4.78, 5) is 8.12. The van der Waals surface area contributed by atoms with Gasteiger partial charge in [0.2, 0.25) is 0 Å². The van der Waals surface area contributed by atoms with E-state index in [0.717, 1.165) is 16.7 Å². The van der Waals surface area contributed by atoms with Crippen LogP contribution >= 0.6 is 0 Å². The van der Waals surface area contributed by atoms with Crippen molar-refractivity contribution in [2.24, 2.45) is 4.99 Å². The second kappa shape index (κ2) is 7.99. The monoisotopic (exact) mass is 410 g/mol. The van der Waals surface area contributed by atoms with Gasteiger partial charge in [-0.25, -0.2) is 9.98 Å². The largest absolute Gasteiger partial charge is 0.416 e. The van der Waals surface area contributed by atoms with Crippen LogP contribution in [0.15, 0.2) is 96.3 Å². The minimum Gasteiger partial charge on any atom is -0.306 e. The molecule has 0 unspecified atom stereocenters. The van der Waals surface area contributed by atoms with Gasteiger partial charge in [-0.15, -0.1) is 0 Å². The number of hydrogen-bond donors (Lipinski definition) is 0. The van der Waals surface area contributed by atoms with Crippen molar-refractivity contribution in [3.63, 3.8) is 0 Å². The van der Waals surface area contributed by atoms with E-state index in [9.17, 15) is 13.2 Å². The minimum absolute atomic E-state index is 0.0829. The summed E-state index contributed by atoms with van der Waals surface area (Å²) in [6.07, 6.45) is -6.10. The Morgan fingerprint density at radius 3 is 2.13 bits per heavy atom. The predicted molar refractivity (Wildman–Crippen MR) is 111 cm³/mol. The van der Waals surface area contributed by atoms with Gasteiger partial charge in [-0.05, 0) is 25.1 Å². The summed E-state index contributed by atoms with van der Waals surface area (Å²) in [7, 11) is 0. The van der Waals surface area contributed by atoms with Crippen LogP contribution in [0.3, 0.4) is 0 Å². The minimum atomic E-state index is -4.75. The molecule has 0 saturated heterocycles. The Morgan fingerprint density at radius 2 is 1.60 bits per heavy atom. The van der Waals surface area contributed by atoms with E-state index < -0.39 is 36.8 Å². The predicted octanol–water partition coefficient (Wildman–Crippen LogP) is 6.37. The second-order valence-corrected chi connectivity index (χ2v) is 6.44. The molecule has 0 spiro atoms. The number of halogens is 3. The molecule has 0 aliphatic heterocycles. The lowest BCUT2D eigenvalue weighted by atomic mass is 10.0.